The third-order valence-corrected chi connectivity index (χ3v) is 5.27. The lowest BCUT2D eigenvalue weighted by Crippen LogP contribution is -2.47. The lowest BCUT2D eigenvalue weighted by atomic mass is 10.3. The molecule has 1 fully saturated rings. The van der Waals surface area contributed by atoms with Crippen LogP contribution in [0.2, 0.25) is 0 Å². The standard InChI is InChI=1S/C14H16BrN7OS/c1-23-9-11-17-14(24-19-11)21-6-4-20(5-7-21)13-3-2-12-16-8-10(15)22(12)18-13/h2-3,8H,4-7,9H2,1H3. The van der Waals surface area contributed by atoms with Gasteiger partial charge >= 0.3 is 0 Å². The number of hydrogen-bond donors (Lipinski definition) is 0. The summed E-state index contributed by atoms with van der Waals surface area (Å²) in [6.07, 6.45) is 1.76. The first kappa shape index (κ1) is 15.7. The number of fused-ring (bicyclic) bond motifs is 1. The van der Waals surface area contributed by atoms with Crippen molar-refractivity contribution in [3.05, 3.63) is 28.8 Å². The Kier molecular flexibility index (Phi) is 4.33. The second kappa shape index (κ2) is 6.61. The van der Waals surface area contributed by atoms with Gasteiger partial charge in [0.2, 0.25) is 5.13 Å². The van der Waals surface area contributed by atoms with E-state index in [-0.39, 0.29) is 0 Å². The fourth-order valence-electron chi connectivity index (χ4n) is 2.69. The van der Waals surface area contributed by atoms with E-state index in [9.17, 15) is 0 Å². The van der Waals surface area contributed by atoms with Crippen molar-refractivity contribution in [2.24, 2.45) is 0 Å². The van der Waals surface area contributed by atoms with E-state index in [0.717, 1.165) is 53.2 Å². The van der Waals surface area contributed by atoms with Crippen molar-refractivity contribution >= 4 is 44.1 Å². The van der Waals surface area contributed by atoms with Crippen molar-refractivity contribution in [1.29, 1.82) is 0 Å². The minimum Gasteiger partial charge on any atom is -0.377 e. The summed E-state index contributed by atoms with van der Waals surface area (Å²) in [5.41, 5.74) is 0.837. The number of piperazine rings is 1. The number of imidazole rings is 1. The molecule has 126 valence electrons. The molecule has 4 rings (SSSR count). The van der Waals surface area contributed by atoms with Crippen LogP contribution in [0.1, 0.15) is 5.82 Å². The van der Waals surface area contributed by atoms with Crippen molar-refractivity contribution in [3.63, 3.8) is 0 Å². The van der Waals surface area contributed by atoms with Gasteiger partial charge in [0.05, 0.1) is 6.20 Å². The molecule has 8 nitrogen and oxygen atoms in total. The minimum absolute atomic E-state index is 0.459. The van der Waals surface area contributed by atoms with Gasteiger partial charge in [-0.2, -0.15) is 4.37 Å². The Bertz CT molecular complexity index is 843. The van der Waals surface area contributed by atoms with Crippen LogP contribution in [-0.4, -0.2) is 57.2 Å². The van der Waals surface area contributed by atoms with E-state index in [1.54, 1.807) is 13.3 Å². The summed E-state index contributed by atoms with van der Waals surface area (Å²) in [6.45, 7) is 4.03. The number of hydrogen-bond acceptors (Lipinski definition) is 8. The van der Waals surface area contributed by atoms with Crippen molar-refractivity contribution in [3.8, 4) is 0 Å². The first-order valence-corrected chi connectivity index (χ1v) is 9.13. The maximum absolute atomic E-state index is 5.08. The van der Waals surface area contributed by atoms with Crippen LogP contribution in [0, 0.1) is 0 Å². The smallest absolute Gasteiger partial charge is 0.205 e. The van der Waals surface area contributed by atoms with Crippen molar-refractivity contribution in [2.45, 2.75) is 6.61 Å². The second-order valence-electron chi connectivity index (χ2n) is 5.44. The molecule has 0 N–H and O–H groups in total. The van der Waals surface area contributed by atoms with Crippen LogP contribution >= 0.6 is 27.5 Å². The lowest BCUT2D eigenvalue weighted by Gasteiger charge is -2.34. The summed E-state index contributed by atoms with van der Waals surface area (Å²) < 4.78 is 12.1. The molecule has 0 spiro atoms. The van der Waals surface area contributed by atoms with Gasteiger partial charge in [-0.1, -0.05) is 0 Å². The van der Waals surface area contributed by atoms with Gasteiger partial charge in [0, 0.05) is 44.8 Å². The Labute approximate surface area is 151 Å². The highest BCUT2D eigenvalue weighted by molar-refractivity contribution is 9.10. The summed E-state index contributed by atoms with van der Waals surface area (Å²) >= 11 is 4.90. The van der Waals surface area contributed by atoms with E-state index in [2.05, 4.69) is 45.2 Å². The first-order valence-electron chi connectivity index (χ1n) is 7.56. The van der Waals surface area contributed by atoms with Gasteiger partial charge in [0.15, 0.2) is 11.5 Å². The first-order chi connectivity index (χ1) is 11.7. The molecule has 0 radical (unpaired) electrons. The van der Waals surface area contributed by atoms with Crippen LogP contribution in [0.3, 0.4) is 0 Å². The summed E-state index contributed by atoms with van der Waals surface area (Å²) in [4.78, 5) is 13.3. The Morgan fingerprint density at radius 3 is 2.79 bits per heavy atom. The highest BCUT2D eigenvalue weighted by Gasteiger charge is 2.21. The molecule has 24 heavy (non-hydrogen) atoms. The Morgan fingerprint density at radius 1 is 1.21 bits per heavy atom. The van der Waals surface area contributed by atoms with Gasteiger partial charge in [-0.25, -0.2) is 14.5 Å². The van der Waals surface area contributed by atoms with Gasteiger partial charge < -0.3 is 14.5 Å². The predicted octanol–water partition coefficient (Wildman–Crippen LogP) is 1.82. The monoisotopic (exact) mass is 409 g/mol. The molecule has 0 unspecified atom stereocenters. The summed E-state index contributed by atoms with van der Waals surface area (Å²) in [5.74, 6) is 1.70. The molecule has 3 aromatic rings. The SMILES string of the molecule is COCc1nsc(N2CCN(c3ccc4ncc(Br)n4n3)CC2)n1. The number of anilines is 2. The zero-order valence-electron chi connectivity index (χ0n) is 13.1. The number of methoxy groups -OCH3 is 1. The molecule has 3 aromatic heterocycles. The molecule has 0 aliphatic carbocycles. The summed E-state index contributed by atoms with van der Waals surface area (Å²) in [5, 5.41) is 5.62. The normalized spacial score (nSPS) is 15.4. The van der Waals surface area contributed by atoms with Gasteiger partial charge in [-0.05, 0) is 28.1 Å². The number of rotatable bonds is 4. The van der Waals surface area contributed by atoms with Gasteiger partial charge in [-0.15, -0.1) is 5.10 Å². The van der Waals surface area contributed by atoms with Crippen LogP contribution in [0.5, 0.6) is 0 Å². The molecule has 0 amide bonds. The fourth-order valence-corrected chi connectivity index (χ4v) is 3.78. The second-order valence-corrected chi connectivity index (χ2v) is 6.99. The van der Waals surface area contributed by atoms with Crippen LogP contribution in [0.15, 0.2) is 22.9 Å². The average molecular weight is 410 g/mol. The molecule has 1 aliphatic heterocycles. The van der Waals surface area contributed by atoms with Crippen molar-refractivity contribution in [2.75, 3.05) is 43.1 Å². The third kappa shape index (κ3) is 2.96. The molecule has 0 bridgehead atoms. The Balaban J connectivity index is 1.45. The fraction of sp³-hybridized carbons (Fsp3) is 0.429. The molecule has 0 saturated carbocycles. The lowest BCUT2D eigenvalue weighted by molar-refractivity contribution is 0.179. The van der Waals surface area contributed by atoms with Crippen LogP contribution in [0.4, 0.5) is 10.9 Å². The zero-order chi connectivity index (χ0) is 16.5. The predicted molar refractivity (Wildman–Crippen MR) is 95.7 cm³/mol. The average Bonchev–Trinajstić information content (AvgIpc) is 3.23. The minimum atomic E-state index is 0.459. The molecule has 10 heteroatoms. The highest BCUT2D eigenvalue weighted by atomic mass is 79.9. The van der Waals surface area contributed by atoms with E-state index in [4.69, 9.17) is 4.74 Å². The van der Waals surface area contributed by atoms with Crippen LogP contribution in [-0.2, 0) is 11.3 Å². The van der Waals surface area contributed by atoms with E-state index >= 15 is 0 Å². The van der Waals surface area contributed by atoms with Gasteiger partial charge in [0.1, 0.15) is 17.0 Å². The Morgan fingerprint density at radius 2 is 2.00 bits per heavy atom. The highest BCUT2D eigenvalue weighted by Crippen LogP contribution is 2.22. The number of halogens is 1. The molecular formula is C14H16BrN7OS. The Hall–Kier alpha value is -1.78. The topological polar surface area (TPSA) is 71.7 Å². The summed E-state index contributed by atoms with van der Waals surface area (Å²) in [6, 6.07) is 4.01. The number of ether oxygens (including phenoxy) is 1. The molecule has 0 atom stereocenters. The number of nitrogens with zero attached hydrogens (tertiary/aromatic N) is 7. The molecular weight excluding hydrogens is 394 g/mol. The quantitative estimate of drug-likeness (QED) is 0.650. The molecule has 1 saturated heterocycles. The van der Waals surface area contributed by atoms with E-state index in [1.807, 2.05) is 16.6 Å². The van der Waals surface area contributed by atoms with Crippen molar-refractivity contribution in [1.82, 2.24) is 24.0 Å². The van der Waals surface area contributed by atoms with Crippen molar-refractivity contribution < 1.29 is 4.74 Å². The maximum Gasteiger partial charge on any atom is 0.205 e. The van der Waals surface area contributed by atoms with Crippen LogP contribution in [0.25, 0.3) is 5.65 Å². The largest absolute Gasteiger partial charge is 0.377 e. The third-order valence-electron chi connectivity index (χ3n) is 3.91. The molecule has 0 aromatic carbocycles. The van der Waals surface area contributed by atoms with E-state index < -0.39 is 0 Å². The van der Waals surface area contributed by atoms with Gasteiger partial charge in [0.25, 0.3) is 0 Å². The maximum atomic E-state index is 5.08. The van der Waals surface area contributed by atoms with Crippen LogP contribution < -0.4 is 9.80 Å². The zero-order valence-corrected chi connectivity index (χ0v) is 15.5. The van der Waals surface area contributed by atoms with E-state index in [0.29, 0.717) is 6.61 Å². The molecule has 4 heterocycles. The number of aromatic nitrogens is 5. The summed E-state index contributed by atoms with van der Waals surface area (Å²) in [7, 11) is 1.65. The van der Waals surface area contributed by atoms with Gasteiger partial charge in [-0.3, -0.25) is 0 Å². The molecule has 1 aliphatic rings. The van der Waals surface area contributed by atoms with E-state index in [1.165, 1.54) is 11.5 Å².